The van der Waals surface area contributed by atoms with Gasteiger partial charge < -0.3 is 15.0 Å². The fraction of sp³-hybridized carbons (Fsp3) is 0.231. The molecule has 3 rings (SSSR count). The van der Waals surface area contributed by atoms with E-state index in [0.29, 0.717) is 28.3 Å². The number of nitrogens with one attached hydrogen (secondary N) is 2. The molecule has 0 aliphatic heterocycles. The van der Waals surface area contributed by atoms with Gasteiger partial charge in [-0.05, 0) is 12.1 Å². The molecule has 22 heavy (non-hydrogen) atoms. The van der Waals surface area contributed by atoms with Crippen LogP contribution in [0, 0.1) is 0 Å². The van der Waals surface area contributed by atoms with Crippen molar-refractivity contribution in [1.29, 1.82) is 0 Å². The van der Waals surface area contributed by atoms with Gasteiger partial charge in [0, 0.05) is 16.6 Å². The van der Waals surface area contributed by atoms with Crippen molar-refractivity contribution in [2.45, 2.75) is 13.0 Å². The van der Waals surface area contributed by atoms with Crippen LogP contribution in [0.5, 0.6) is 6.01 Å². The number of imidazole rings is 1. The minimum Gasteiger partial charge on any atom is -0.459 e. The van der Waals surface area contributed by atoms with Crippen LogP contribution in [0.1, 0.15) is 5.01 Å². The number of ether oxygens (including phenoxy) is 1. The minimum atomic E-state index is -2.56. The lowest BCUT2D eigenvalue weighted by molar-refractivity contribution is 0.0777. The fourth-order valence-corrected chi connectivity index (χ4v) is 2.69. The maximum atomic E-state index is 12.2. The van der Waals surface area contributed by atoms with E-state index in [4.69, 9.17) is 16.3 Å². The second kappa shape index (κ2) is 6.45. The van der Waals surface area contributed by atoms with Gasteiger partial charge in [0.25, 0.3) is 12.4 Å². The summed E-state index contributed by atoms with van der Waals surface area (Å²) < 4.78 is 29.3. The Labute approximate surface area is 133 Å². The van der Waals surface area contributed by atoms with Crippen LogP contribution in [-0.4, -0.2) is 28.0 Å². The number of benzene rings is 1. The summed E-state index contributed by atoms with van der Waals surface area (Å²) in [6.07, 6.45) is -0.834. The van der Waals surface area contributed by atoms with Gasteiger partial charge in [-0.1, -0.05) is 11.6 Å². The quantitative estimate of drug-likeness (QED) is 0.711. The molecule has 2 aromatic heterocycles. The van der Waals surface area contributed by atoms with E-state index in [1.165, 1.54) is 11.3 Å². The van der Waals surface area contributed by atoms with Crippen molar-refractivity contribution in [3.05, 3.63) is 33.7 Å². The number of rotatable bonds is 6. The molecule has 3 aromatic rings. The number of aromatic amines is 1. The van der Waals surface area contributed by atoms with Gasteiger partial charge in [-0.15, -0.1) is 11.3 Å². The molecule has 1 aromatic carbocycles. The van der Waals surface area contributed by atoms with Crippen molar-refractivity contribution in [2.24, 2.45) is 0 Å². The first kappa shape index (κ1) is 15.0. The van der Waals surface area contributed by atoms with Gasteiger partial charge in [0.2, 0.25) is 0 Å². The van der Waals surface area contributed by atoms with Crippen LogP contribution >= 0.6 is 22.9 Å². The summed E-state index contributed by atoms with van der Waals surface area (Å²) in [5.41, 5.74) is 1.87. The van der Waals surface area contributed by atoms with Crippen molar-refractivity contribution in [2.75, 3.05) is 11.9 Å². The number of hydrogen-bond donors (Lipinski definition) is 2. The Morgan fingerprint density at radius 3 is 3.00 bits per heavy atom. The van der Waals surface area contributed by atoms with Crippen molar-refractivity contribution < 1.29 is 13.5 Å². The van der Waals surface area contributed by atoms with Crippen LogP contribution in [0.4, 0.5) is 14.5 Å². The summed E-state index contributed by atoms with van der Waals surface area (Å²) in [6.45, 7) is -0.192. The average molecular weight is 345 g/mol. The smallest absolute Gasteiger partial charge is 0.294 e. The van der Waals surface area contributed by atoms with Gasteiger partial charge in [-0.25, -0.2) is 13.8 Å². The largest absolute Gasteiger partial charge is 0.459 e. The van der Waals surface area contributed by atoms with E-state index < -0.39 is 13.0 Å². The molecule has 0 unspecified atom stereocenters. The number of aromatic nitrogens is 3. The molecule has 5 nitrogen and oxygen atoms in total. The molecule has 0 radical (unpaired) electrons. The third kappa shape index (κ3) is 3.45. The lowest BCUT2D eigenvalue weighted by Crippen LogP contribution is -2.07. The Balaban J connectivity index is 1.84. The zero-order valence-electron chi connectivity index (χ0n) is 11.1. The Hall–Kier alpha value is -1.93. The topological polar surface area (TPSA) is 62.8 Å². The summed E-state index contributed by atoms with van der Waals surface area (Å²) in [7, 11) is 0. The monoisotopic (exact) mass is 344 g/mol. The first-order valence-electron chi connectivity index (χ1n) is 6.34. The van der Waals surface area contributed by atoms with Crippen LogP contribution in [0.15, 0.2) is 23.7 Å². The third-order valence-electron chi connectivity index (χ3n) is 2.79. The fourth-order valence-electron chi connectivity index (χ4n) is 1.92. The van der Waals surface area contributed by atoms with Gasteiger partial charge in [-0.2, -0.15) is 4.98 Å². The number of H-pyrrole nitrogens is 1. The molecular formula is C13H11ClF2N4OS. The van der Waals surface area contributed by atoms with Gasteiger partial charge >= 0.3 is 0 Å². The molecule has 2 N–H and O–H groups in total. The van der Waals surface area contributed by atoms with E-state index in [-0.39, 0.29) is 6.01 Å². The van der Waals surface area contributed by atoms with E-state index in [1.807, 2.05) is 5.38 Å². The highest BCUT2D eigenvalue weighted by molar-refractivity contribution is 7.09. The standard InChI is InChI=1S/C13H11ClF2N4OS/c14-7-3-8(18-5-11-17-1-2-22-11)12-9(4-7)19-13(20-12)21-6-10(15)16/h1-4,10,18H,5-6H2,(H,19,20). The summed E-state index contributed by atoms with van der Waals surface area (Å²) in [4.78, 5) is 11.2. The summed E-state index contributed by atoms with van der Waals surface area (Å²) >= 11 is 7.59. The highest BCUT2D eigenvalue weighted by Gasteiger charge is 2.12. The maximum Gasteiger partial charge on any atom is 0.294 e. The first-order valence-corrected chi connectivity index (χ1v) is 7.60. The van der Waals surface area contributed by atoms with Crippen molar-refractivity contribution in [3.63, 3.8) is 0 Å². The van der Waals surface area contributed by atoms with Crippen molar-refractivity contribution in [3.8, 4) is 6.01 Å². The van der Waals surface area contributed by atoms with E-state index in [0.717, 1.165) is 5.01 Å². The molecular weight excluding hydrogens is 334 g/mol. The predicted molar refractivity (Wildman–Crippen MR) is 82.0 cm³/mol. The molecule has 0 fully saturated rings. The summed E-state index contributed by atoms with van der Waals surface area (Å²) in [6, 6.07) is 3.41. The molecule has 9 heteroatoms. The Bertz CT molecular complexity index is 763. The number of hydrogen-bond acceptors (Lipinski definition) is 5. The maximum absolute atomic E-state index is 12.2. The second-order valence-corrected chi connectivity index (χ2v) is 5.79. The van der Waals surface area contributed by atoms with Crippen molar-refractivity contribution >= 4 is 39.7 Å². The lowest BCUT2D eigenvalue weighted by Gasteiger charge is -2.05. The van der Waals surface area contributed by atoms with E-state index >= 15 is 0 Å². The number of thiazole rings is 1. The zero-order valence-corrected chi connectivity index (χ0v) is 12.7. The second-order valence-electron chi connectivity index (χ2n) is 4.37. The highest BCUT2D eigenvalue weighted by Crippen LogP contribution is 2.29. The zero-order chi connectivity index (χ0) is 15.5. The van der Waals surface area contributed by atoms with Crippen LogP contribution in [0.3, 0.4) is 0 Å². The number of nitrogens with zero attached hydrogens (tertiary/aromatic N) is 2. The Kier molecular flexibility index (Phi) is 4.39. The molecule has 116 valence electrons. The van der Waals surface area contributed by atoms with E-state index in [2.05, 4.69) is 20.3 Å². The molecule has 2 heterocycles. The molecule has 0 aliphatic rings. The van der Waals surface area contributed by atoms with Gasteiger partial charge in [0.05, 0.1) is 17.7 Å². The first-order chi connectivity index (χ1) is 10.6. The number of fused-ring (bicyclic) bond motifs is 1. The molecule has 0 spiro atoms. The highest BCUT2D eigenvalue weighted by atomic mass is 35.5. The van der Waals surface area contributed by atoms with Gasteiger partial charge in [0.15, 0.2) is 6.61 Å². The normalized spacial score (nSPS) is 11.3. The molecule has 0 atom stereocenters. The van der Waals surface area contributed by atoms with Gasteiger partial charge in [0.1, 0.15) is 10.5 Å². The molecule has 0 bridgehead atoms. The van der Waals surface area contributed by atoms with Crippen molar-refractivity contribution in [1.82, 2.24) is 15.0 Å². The van der Waals surface area contributed by atoms with E-state index in [9.17, 15) is 8.78 Å². The van der Waals surface area contributed by atoms with Crippen LogP contribution in [-0.2, 0) is 6.54 Å². The summed E-state index contributed by atoms with van der Waals surface area (Å²) in [5, 5.41) is 6.48. The minimum absolute atomic E-state index is 0.0369. The third-order valence-corrected chi connectivity index (χ3v) is 3.79. The lowest BCUT2D eigenvalue weighted by atomic mass is 10.2. The number of halogens is 3. The number of anilines is 1. The molecule has 0 saturated heterocycles. The Morgan fingerprint density at radius 1 is 1.41 bits per heavy atom. The summed E-state index contributed by atoms with van der Waals surface area (Å²) in [5.74, 6) is 0. The van der Waals surface area contributed by atoms with Crippen LogP contribution < -0.4 is 10.1 Å². The average Bonchev–Trinajstić information content (AvgIpc) is 3.11. The van der Waals surface area contributed by atoms with E-state index in [1.54, 1.807) is 18.3 Å². The predicted octanol–water partition coefficient (Wildman–Crippen LogP) is 3.93. The number of alkyl halides is 2. The molecule has 0 saturated carbocycles. The van der Waals surface area contributed by atoms with Gasteiger partial charge in [-0.3, -0.25) is 0 Å². The molecule has 0 aliphatic carbocycles. The SMILES string of the molecule is FC(F)COc1nc2c(NCc3nccs3)cc(Cl)cc2[nH]1. The Morgan fingerprint density at radius 2 is 2.27 bits per heavy atom. The van der Waals surface area contributed by atoms with Crippen LogP contribution in [0.2, 0.25) is 5.02 Å². The van der Waals surface area contributed by atoms with Crippen LogP contribution in [0.25, 0.3) is 11.0 Å². The molecule has 0 amide bonds.